The Labute approximate surface area is 324 Å². The molecule has 0 heterocycles. The van der Waals surface area contributed by atoms with E-state index in [2.05, 4.69) is 38.2 Å². The van der Waals surface area contributed by atoms with E-state index in [4.69, 9.17) is 14.2 Å². The number of hydrogen-bond donors (Lipinski definition) is 0. The number of carboxylic acids is 1. The van der Waals surface area contributed by atoms with Gasteiger partial charge in [0.05, 0.1) is 40.3 Å². The van der Waals surface area contributed by atoms with Crippen LogP contribution < -0.4 is 5.11 Å². The van der Waals surface area contributed by atoms with Crippen LogP contribution in [0.2, 0.25) is 0 Å². The summed E-state index contributed by atoms with van der Waals surface area (Å²) in [5, 5.41) is 11.6. The molecule has 0 fully saturated rings. The molecule has 53 heavy (non-hydrogen) atoms. The summed E-state index contributed by atoms with van der Waals surface area (Å²) in [7, 11) is 5.39. The largest absolute Gasteiger partial charge is 0.544 e. The van der Waals surface area contributed by atoms with Crippen molar-refractivity contribution in [1.82, 2.24) is 0 Å². The van der Waals surface area contributed by atoms with Crippen LogP contribution in [-0.2, 0) is 28.6 Å². The van der Waals surface area contributed by atoms with Crippen molar-refractivity contribution in [1.29, 1.82) is 0 Å². The summed E-state index contributed by atoms with van der Waals surface area (Å²) in [5.74, 6) is -1.77. The Bertz CT molecular complexity index is 1050. The number of allylic oxidation sites excluding steroid dienone is 10. The van der Waals surface area contributed by atoms with Crippen molar-refractivity contribution >= 4 is 17.9 Å². The molecule has 2 unspecified atom stereocenters. The third kappa shape index (κ3) is 34.5. The number of unbranched alkanes of at least 4 members (excludes halogenated alkanes) is 16. The minimum Gasteiger partial charge on any atom is -0.544 e. The van der Waals surface area contributed by atoms with Crippen LogP contribution in [0.1, 0.15) is 155 Å². The molecule has 2 atom stereocenters. The highest BCUT2D eigenvalue weighted by Gasteiger charge is 2.25. The molecule has 0 aliphatic rings. The topological polar surface area (TPSA) is 102 Å². The molecule has 8 nitrogen and oxygen atoms in total. The number of likely N-dealkylation sites (N-methyl/N-ethyl adjacent to an activating group) is 1. The second-order valence-electron chi connectivity index (χ2n) is 15.0. The molecule has 0 saturated heterocycles. The zero-order chi connectivity index (χ0) is 39.3. The van der Waals surface area contributed by atoms with Crippen LogP contribution in [-0.4, -0.2) is 75.5 Å². The van der Waals surface area contributed by atoms with Crippen molar-refractivity contribution in [3.8, 4) is 0 Å². The zero-order valence-corrected chi connectivity index (χ0v) is 34.4. The average molecular weight is 744 g/mol. The van der Waals surface area contributed by atoms with E-state index in [1.807, 2.05) is 36.5 Å². The van der Waals surface area contributed by atoms with Gasteiger partial charge in [-0.15, -0.1) is 0 Å². The molecule has 0 aliphatic heterocycles. The molecule has 304 valence electrons. The van der Waals surface area contributed by atoms with E-state index in [0.717, 1.165) is 64.2 Å². The SMILES string of the molecule is CCC/C=C/C=C/C=C/C=C/C=C/CCCCCCCC(=O)OCC(COCCC(C(=O)[O-])[N+](C)(C)C)OC(=O)CCCCCCCCCCCCC. The van der Waals surface area contributed by atoms with E-state index in [1.165, 1.54) is 57.8 Å². The summed E-state index contributed by atoms with van der Waals surface area (Å²) >= 11 is 0. The molecule has 0 N–H and O–H groups in total. The number of carbonyl (C=O) groups excluding carboxylic acids is 3. The van der Waals surface area contributed by atoms with Crippen molar-refractivity contribution in [3.05, 3.63) is 60.8 Å². The Morgan fingerprint density at radius 3 is 1.55 bits per heavy atom. The molecule has 0 spiro atoms. The van der Waals surface area contributed by atoms with E-state index in [1.54, 1.807) is 21.1 Å². The molecule has 0 saturated carbocycles. The summed E-state index contributed by atoms with van der Waals surface area (Å²) in [6.07, 6.45) is 42.3. The smallest absolute Gasteiger partial charge is 0.306 e. The zero-order valence-electron chi connectivity index (χ0n) is 34.4. The first-order valence-electron chi connectivity index (χ1n) is 20.9. The molecule has 0 radical (unpaired) electrons. The maximum absolute atomic E-state index is 12.7. The van der Waals surface area contributed by atoms with Gasteiger partial charge in [-0.3, -0.25) is 9.59 Å². The van der Waals surface area contributed by atoms with Crippen molar-refractivity contribution in [3.63, 3.8) is 0 Å². The number of esters is 2. The minimum atomic E-state index is -1.13. The van der Waals surface area contributed by atoms with E-state index in [9.17, 15) is 19.5 Å². The highest BCUT2D eigenvalue weighted by atomic mass is 16.6. The van der Waals surface area contributed by atoms with Crippen LogP contribution in [0.5, 0.6) is 0 Å². The van der Waals surface area contributed by atoms with Crippen LogP contribution in [0, 0.1) is 0 Å². The van der Waals surface area contributed by atoms with E-state index >= 15 is 0 Å². The van der Waals surface area contributed by atoms with Gasteiger partial charge in [0.25, 0.3) is 0 Å². The first kappa shape index (κ1) is 50.0. The standard InChI is InChI=1S/C45H77NO7/c1-6-8-10-12-14-16-18-19-20-21-22-23-24-26-27-29-31-33-35-43(47)52-40-41(39-51-38-37-42(45(49)50)46(3,4)5)53-44(48)36-34-32-30-28-25-17-15-13-11-9-7-2/h10,12,14,16,18-23,41-42H,6-9,11,13,15,17,24-40H2,1-5H3/b12-10+,16-14+,19-18+,21-20+,23-22+. The van der Waals surface area contributed by atoms with Crippen molar-refractivity contribution < 1.29 is 38.2 Å². The lowest BCUT2D eigenvalue weighted by atomic mass is 10.1. The maximum atomic E-state index is 12.7. The van der Waals surface area contributed by atoms with Gasteiger partial charge >= 0.3 is 11.9 Å². The highest BCUT2D eigenvalue weighted by Crippen LogP contribution is 2.14. The van der Waals surface area contributed by atoms with Gasteiger partial charge in [0.1, 0.15) is 12.6 Å². The van der Waals surface area contributed by atoms with E-state index in [-0.39, 0.29) is 42.7 Å². The van der Waals surface area contributed by atoms with Crippen LogP contribution >= 0.6 is 0 Å². The Morgan fingerprint density at radius 1 is 0.566 bits per heavy atom. The molecule has 0 bridgehead atoms. The number of carboxylic acid groups (broad SMARTS) is 1. The number of rotatable bonds is 36. The van der Waals surface area contributed by atoms with E-state index in [0.29, 0.717) is 12.8 Å². The number of aliphatic carboxylic acids is 1. The number of ether oxygens (including phenoxy) is 3. The van der Waals surface area contributed by atoms with E-state index < -0.39 is 18.1 Å². The Balaban J connectivity index is 4.42. The van der Waals surface area contributed by atoms with Gasteiger partial charge < -0.3 is 28.6 Å². The second-order valence-corrected chi connectivity index (χ2v) is 15.0. The van der Waals surface area contributed by atoms with Gasteiger partial charge in [0.2, 0.25) is 0 Å². The fourth-order valence-corrected chi connectivity index (χ4v) is 5.75. The van der Waals surface area contributed by atoms with Gasteiger partial charge in [0.15, 0.2) is 6.10 Å². The third-order valence-electron chi connectivity index (χ3n) is 9.02. The maximum Gasteiger partial charge on any atom is 0.306 e. The van der Waals surface area contributed by atoms with Crippen LogP contribution in [0.4, 0.5) is 0 Å². The normalized spacial score (nSPS) is 13.6. The van der Waals surface area contributed by atoms with Crippen LogP contribution in [0.3, 0.4) is 0 Å². The Kier molecular flexibility index (Phi) is 34.0. The lowest BCUT2D eigenvalue weighted by Gasteiger charge is -2.34. The summed E-state index contributed by atoms with van der Waals surface area (Å²) in [6, 6.07) is -0.730. The quantitative estimate of drug-likeness (QED) is 0.0273. The van der Waals surface area contributed by atoms with Gasteiger partial charge in [0, 0.05) is 19.3 Å². The molecule has 0 aromatic heterocycles. The molecule has 0 aromatic rings. The van der Waals surface area contributed by atoms with Crippen LogP contribution in [0.15, 0.2) is 60.8 Å². The molecule has 0 aromatic carbocycles. The number of carbonyl (C=O) groups is 3. The lowest BCUT2D eigenvalue weighted by Crippen LogP contribution is -2.55. The minimum absolute atomic E-state index is 0.0312. The fourth-order valence-electron chi connectivity index (χ4n) is 5.75. The Morgan fingerprint density at radius 2 is 1.04 bits per heavy atom. The number of hydrogen-bond acceptors (Lipinski definition) is 7. The lowest BCUT2D eigenvalue weighted by molar-refractivity contribution is -0.889. The Hall–Kier alpha value is -2.97. The first-order valence-corrected chi connectivity index (χ1v) is 20.9. The number of nitrogens with zero attached hydrogens (tertiary/aromatic N) is 1. The van der Waals surface area contributed by atoms with Gasteiger partial charge in [-0.25, -0.2) is 0 Å². The van der Waals surface area contributed by atoms with Gasteiger partial charge in [-0.2, -0.15) is 0 Å². The van der Waals surface area contributed by atoms with Gasteiger partial charge in [-0.1, -0.05) is 164 Å². The summed E-state index contributed by atoms with van der Waals surface area (Å²) in [6.45, 7) is 4.52. The third-order valence-corrected chi connectivity index (χ3v) is 9.02. The summed E-state index contributed by atoms with van der Waals surface area (Å²) in [4.78, 5) is 36.7. The molecule has 0 rings (SSSR count). The van der Waals surface area contributed by atoms with Crippen molar-refractivity contribution in [2.45, 2.75) is 167 Å². The molecular formula is C45H77NO7. The molecule has 8 heteroatoms. The molecular weight excluding hydrogens is 666 g/mol. The molecule has 0 amide bonds. The van der Waals surface area contributed by atoms with Crippen molar-refractivity contribution in [2.75, 3.05) is 41.0 Å². The highest BCUT2D eigenvalue weighted by molar-refractivity contribution is 5.70. The average Bonchev–Trinajstić information content (AvgIpc) is 3.11. The van der Waals surface area contributed by atoms with Gasteiger partial charge in [-0.05, 0) is 32.1 Å². The molecule has 0 aliphatic carbocycles. The predicted octanol–water partition coefficient (Wildman–Crippen LogP) is 9.69. The second kappa shape index (κ2) is 36.0. The number of quaternary nitrogens is 1. The summed E-state index contributed by atoms with van der Waals surface area (Å²) in [5.41, 5.74) is 0. The summed E-state index contributed by atoms with van der Waals surface area (Å²) < 4.78 is 17.1. The first-order chi connectivity index (χ1) is 25.6. The van der Waals surface area contributed by atoms with Crippen LogP contribution in [0.25, 0.3) is 0 Å². The fraction of sp³-hybridized carbons (Fsp3) is 0.711. The monoisotopic (exact) mass is 744 g/mol. The predicted molar refractivity (Wildman–Crippen MR) is 217 cm³/mol. The van der Waals surface area contributed by atoms with Crippen molar-refractivity contribution in [2.24, 2.45) is 0 Å².